The molecule has 0 bridgehead atoms. The van der Waals surface area contributed by atoms with Gasteiger partial charge in [0.15, 0.2) is 0 Å². The van der Waals surface area contributed by atoms with Crippen molar-refractivity contribution in [1.82, 2.24) is 14.5 Å². The van der Waals surface area contributed by atoms with Gasteiger partial charge < -0.3 is 14.5 Å². The summed E-state index contributed by atoms with van der Waals surface area (Å²) in [5.74, 6) is 0.374. The molecule has 1 unspecified atom stereocenters. The zero-order valence-corrected chi connectivity index (χ0v) is 17.9. The highest BCUT2D eigenvalue weighted by atomic mass is 35.5. The molecule has 168 valence electrons. The minimum absolute atomic E-state index is 0.0110. The molecule has 0 N–H and O–H groups in total. The molecular formula is C20H23ClF3N5O2. The second-order valence-corrected chi connectivity index (χ2v) is 8.40. The first-order chi connectivity index (χ1) is 14.6. The van der Waals surface area contributed by atoms with Gasteiger partial charge in [-0.05, 0) is 31.9 Å². The van der Waals surface area contributed by atoms with Gasteiger partial charge >= 0.3 is 6.18 Å². The van der Waals surface area contributed by atoms with E-state index in [1.807, 2.05) is 18.7 Å². The Morgan fingerprint density at radius 2 is 1.94 bits per heavy atom. The van der Waals surface area contributed by atoms with Crippen molar-refractivity contribution in [2.75, 3.05) is 23.0 Å². The maximum Gasteiger partial charge on any atom is 0.408 e. The summed E-state index contributed by atoms with van der Waals surface area (Å²) in [6, 6.07) is 2.67. The van der Waals surface area contributed by atoms with Crippen LogP contribution in [-0.4, -0.2) is 52.1 Å². The summed E-state index contributed by atoms with van der Waals surface area (Å²) in [6.07, 6.45) is -3.27. The molecule has 2 aliphatic rings. The predicted octanol–water partition coefficient (Wildman–Crippen LogP) is 3.25. The highest BCUT2D eigenvalue weighted by Crippen LogP contribution is 2.35. The normalized spacial score (nSPS) is 24.3. The lowest BCUT2D eigenvalue weighted by molar-refractivity contribution is -0.153. The average molecular weight is 458 g/mol. The number of morpholine rings is 1. The van der Waals surface area contributed by atoms with Gasteiger partial charge in [0.1, 0.15) is 17.0 Å². The van der Waals surface area contributed by atoms with Crippen molar-refractivity contribution in [3.05, 3.63) is 45.5 Å². The Morgan fingerprint density at radius 3 is 2.55 bits per heavy atom. The van der Waals surface area contributed by atoms with E-state index in [0.29, 0.717) is 24.6 Å². The van der Waals surface area contributed by atoms with Crippen molar-refractivity contribution < 1.29 is 17.9 Å². The van der Waals surface area contributed by atoms with Crippen LogP contribution in [0.2, 0.25) is 5.15 Å². The van der Waals surface area contributed by atoms with Gasteiger partial charge in [-0.2, -0.15) is 18.2 Å². The van der Waals surface area contributed by atoms with E-state index in [9.17, 15) is 18.0 Å². The Balaban J connectivity index is 1.79. The van der Waals surface area contributed by atoms with Gasteiger partial charge in [-0.1, -0.05) is 17.7 Å². The SMILES string of the molecule is C[C@@H]1COC[C@@H](C)N1c1cc(=O)n2c(n1)N(Cc1ccc(Cl)nc1)C(C(F)(F)F)CC2. The quantitative estimate of drug-likeness (QED) is 0.659. The van der Waals surface area contributed by atoms with Crippen LogP contribution < -0.4 is 15.4 Å². The van der Waals surface area contributed by atoms with E-state index in [1.165, 1.54) is 22.9 Å². The highest BCUT2D eigenvalue weighted by molar-refractivity contribution is 6.29. The lowest BCUT2D eigenvalue weighted by Crippen LogP contribution is -2.53. The fourth-order valence-corrected chi connectivity index (χ4v) is 4.38. The van der Waals surface area contributed by atoms with E-state index < -0.39 is 12.2 Å². The van der Waals surface area contributed by atoms with Crippen molar-refractivity contribution in [2.24, 2.45) is 0 Å². The summed E-state index contributed by atoms with van der Waals surface area (Å²) >= 11 is 5.81. The van der Waals surface area contributed by atoms with Gasteiger partial charge in [0.25, 0.3) is 5.56 Å². The van der Waals surface area contributed by atoms with Crippen LogP contribution in [0.4, 0.5) is 24.9 Å². The Morgan fingerprint density at radius 1 is 1.23 bits per heavy atom. The number of aromatic nitrogens is 3. The number of hydrogen-bond donors (Lipinski definition) is 0. The van der Waals surface area contributed by atoms with Gasteiger partial charge in [0.2, 0.25) is 5.95 Å². The van der Waals surface area contributed by atoms with Crippen LogP contribution in [0.3, 0.4) is 0 Å². The number of fused-ring (bicyclic) bond motifs is 1. The monoisotopic (exact) mass is 457 g/mol. The molecule has 1 fully saturated rings. The first-order valence-electron chi connectivity index (χ1n) is 10.1. The first-order valence-corrected chi connectivity index (χ1v) is 10.4. The molecule has 4 rings (SSSR count). The van der Waals surface area contributed by atoms with Crippen molar-refractivity contribution in [2.45, 2.75) is 57.7 Å². The average Bonchev–Trinajstić information content (AvgIpc) is 2.69. The van der Waals surface area contributed by atoms with Crippen molar-refractivity contribution in [3.8, 4) is 0 Å². The second-order valence-electron chi connectivity index (χ2n) is 8.01. The molecule has 2 aromatic heterocycles. The van der Waals surface area contributed by atoms with Crippen LogP contribution in [0.5, 0.6) is 0 Å². The van der Waals surface area contributed by atoms with Crippen molar-refractivity contribution in [3.63, 3.8) is 0 Å². The summed E-state index contributed by atoms with van der Waals surface area (Å²) in [6.45, 7) is 4.63. The highest BCUT2D eigenvalue weighted by Gasteiger charge is 2.47. The number of ether oxygens (including phenoxy) is 1. The van der Waals surface area contributed by atoms with Crippen molar-refractivity contribution >= 4 is 23.4 Å². The van der Waals surface area contributed by atoms with Crippen LogP contribution in [-0.2, 0) is 17.8 Å². The van der Waals surface area contributed by atoms with Crippen LogP contribution in [0.1, 0.15) is 25.8 Å². The van der Waals surface area contributed by atoms with Gasteiger partial charge in [-0.15, -0.1) is 0 Å². The molecule has 2 aliphatic heterocycles. The number of pyridine rings is 1. The van der Waals surface area contributed by atoms with E-state index in [2.05, 4.69) is 9.97 Å². The van der Waals surface area contributed by atoms with Crippen LogP contribution in [0.15, 0.2) is 29.2 Å². The third-order valence-electron chi connectivity index (χ3n) is 5.69. The molecule has 31 heavy (non-hydrogen) atoms. The summed E-state index contributed by atoms with van der Waals surface area (Å²) < 4.78 is 48.6. The number of hydrogen-bond acceptors (Lipinski definition) is 6. The van der Waals surface area contributed by atoms with E-state index in [-0.39, 0.29) is 48.3 Å². The molecule has 1 saturated heterocycles. The van der Waals surface area contributed by atoms with Gasteiger partial charge in [0, 0.05) is 25.4 Å². The molecule has 0 aliphatic carbocycles. The summed E-state index contributed by atoms with van der Waals surface area (Å²) in [5, 5.41) is 0.252. The molecule has 0 saturated carbocycles. The first kappa shape index (κ1) is 21.9. The van der Waals surface area contributed by atoms with Gasteiger partial charge in [-0.3, -0.25) is 9.36 Å². The van der Waals surface area contributed by atoms with Crippen molar-refractivity contribution in [1.29, 1.82) is 0 Å². The molecule has 0 aromatic carbocycles. The topological polar surface area (TPSA) is 63.5 Å². The molecular weight excluding hydrogens is 435 g/mol. The standard InChI is InChI=1S/C20H23ClF3N5O2/c1-12-10-31-11-13(2)29(12)17-7-18(30)27-6-5-15(20(22,23)24)28(19(27)26-17)9-14-3-4-16(21)25-8-14/h3-4,7-8,12-13,15H,5-6,9-11H2,1-2H3/t12-,13-,15?/m1/s1. The van der Waals surface area contributed by atoms with Gasteiger partial charge in [0.05, 0.1) is 25.3 Å². The van der Waals surface area contributed by atoms with E-state index in [0.717, 1.165) is 4.90 Å². The second kappa shape index (κ2) is 8.31. The summed E-state index contributed by atoms with van der Waals surface area (Å²) in [4.78, 5) is 24.5. The lowest BCUT2D eigenvalue weighted by atomic mass is 10.1. The number of alkyl halides is 3. The number of anilines is 2. The third kappa shape index (κ3) is 4.36. The maximum atomic E-state index is 13.9. The Kier molecular flexibility index (Phi) is 5.87. The minimum Gasteiger partial charge on any atom is -0.377 e. The predicted molar refractivity (Wildman–Crippen MR) is 111 cm³/mol. The molecule has 0 amide bonds. The van der Waals surface area contributed by atoms with Gasteiger partial charge in [-0.25, -0.2) is 4.98 Å². The van der Waals surface area contributed by atoms with E-state index >= 15 is 0 Å². The Bertz CT molecular complexity index is 988. The minimum atomic E-state index is -4.47. The zero-order chi connectivity index (χ0) is 22.3. The Hall–Kier alpha value is -2.33. The summed E-state index contributed by atoms with van der Waals surface area (Å²) in [5.41, 5.74) is 0.172. The van der Waals surface area contributed by atoms with Crippen LogP contribution >= 0.6 is 11.6 Å². The molecule has 0 spiro atoms. The molecule has 7 nitrogen and oxygen atoms in total. The summed E-state index contributed by atoms with van der Waals surface area (Å²) in [7, 11) is 0. The molecule has 4 heterocycles. The van der Waals surface area contributed by atoms with Crippen LogP contribution in [0.25, 0.3) is 0 Å². The number of halogens is 4. The molecule has 3 atom stereocenters. The number of nitrogens with zero attached hydrogens (tertiary/aromatic N) is 5. The lowest BCUT2D eigenvalue weighted by Gasteiger charge is -2.42. The molecule has 2 aromatic rings. The fourth-order valence-electron chi connectivity index (χ4n) is 4.26. The third-order valence-corrected chi connectivity index (χ3v) is 5.91. The van der Waals surface area contributed by atoms with Crippen LogP contribution in [0, 0.1) is 0 Å². The largest absolute Gasteiger partial charge is 0.408 e. The fraction of sp³-hybridized carbons (Fsp3) is 0.550. The van der Waals surface area contributed by atoms with E-state index in [1.54, 1.807) is 6.07 Å². The molecule has 0 radical (unpaired) electrons. The zero-order valence-electron chi connectivity index (χ0n) is 17.1. The number of rotatable bonds is 3. The smallest absolute Gasteiger partial charge is 0.377 e. The molecule has 11 heteroatoms. The Labute approximate surface area is 182 Å². The van der Waals surface area contributed by atoms with E-state index in [4.69, 9.17) is 16.3 Å². The maximum absolute atomic E-state index is 13.9.